The van der Waals surface area contributed by atoms with Crippen molar-refractivity contribution in [3.8, 4) is 11.5 Å². The van der Waals surface area contributed by atoms with Crippen molar-refractivity contribution < 1.29 is 19.7 Å². The van der Waals surface area contributed by atoms with Crippen LogP contribution >= 0.6 is 0 Å². The molecule has 0 aliphatic heterocycles. The molecule has 160 valence electrons. The zero-order valence-electron chi connectivity index (χ0n) is 17.1. The number of benzene rings is 2. The van der Waals surface area contributed by atoms with Crippen LogP contribution in [0.15, 0.2) is 59.4 Å². The number of aromatic nitrogens is 1. The number of hydrogen-bond donors (Lipinski definition) is 3. The Morgan fingerprint density at radius 3 is 2.73 bits per heavy atom. The molecule has 1 heterocycles. The van der Waals surface area contributed by atoms with Crippen LogP contribution in [0.5, 0.6) is 11.5 Å². The third-order valence-electron chi connectivity index (χ3n) is 4.87. The van der Waals surface area contributed by atoms with Gasteiger partial charge in [0.25, 0.3) is 0 Å². The molecule has 7 heteroatoms. The normalized spacial score (nSPS) is 12.3. The zero-order chi connectivity index (χ0) is 21.3. The molecule has 1 atom stereocenters. The predicted molar refractivity (Wildman–Crippen MR) is 116 cm³/mol. The van der Waals surface area contributed by atoms with Crippen LogP contribution < -0.4 is 15.0 Å². The lowest BCUT2D eigenvalue weighted by Crippen LogP contribution is -2.38. The summed E-state index contributed by atoms with van der Waals surface area (Å²) >= 11 is 0. The van der Waals surface area contributed by atoms with E-state index in [1.165, 1.54) is 6.07 Å². The highest BCUT2D eigenvalue weighted by Crippen LogP contribution is 2.18. The maximum Gasteiger partial charge on any atom is 0.248 e. The first kappa shape index (κ1) is 21.8. The van der Waals surface area contributed by atoms with E-state index in [1.54, 1.807) is 25.3 Å². The number of rotatable bonds is 11. The minimum Gasteiger partial charge on any atom is -0.497 e. The Hall–Kier alpha value is -2.87. The van der Waals surface area contributed by atoms with E-state index in [2.05, 4.69) is 4.98 Å². The highest BCUT2D eigenvalue weighted by atomic mass is 16.5. The van der Waals surface area contributed by atoms with Crippen LogP contribution in [0.25, 0.3) is 10.9 Å². The molecule has 2 aromatic carbocycles. The van der Waals surface area contributed by atoms with E-state index in [0.717, 1.165) is 28.6 Å². The first-order valence-corrected chi connectivity index (χ1v) is 9.97. The van der Waals surface area contributed by atoms with E-state index in [0.29, 0.717) is 25.4 Å². The summed E-state index contributed by atoms with van der Waals surface area (Å²) in [4.78, 5) is 16.1. The van der Waals surface area contributed by atoms with Gasteiger partial charge in [-0.1, -0.05) is 12.1 Å². The van der Waals surface area contributed by atoms with Crippen molar-refractivity contribution in [2.24, 2.45) is 0 Å². The fourth-order valence-electron chi connectivity index (χ4n) is 3.32. The number of nitrogens with zero attached hydrogens (tertiary/aromatic N) is 1. The van der Waals surface area contributed by atoms with Crippen LogP contribution in [0.3, 0.4) is 0 Å². The summed E-state index contributed by atoms with van der Waals surface area (Å²) in [6.45, 7) is 1.73. The average molecular weight is 412 g/mol. The average Bonchev–Trinajstić information content (AvgIpc) is 2.76. The zero-order valence-corrected chi connectivity index (χ0v) is 17.1. The van der Waals surface area contributed by atoms with E-state index >= 15 is 0 Å². The van der Waals surface area contributed by atoms with E-state index in [4.69, 9.17) is 9.47 Å². The van der Waals surface area contributed by atoms with Gasteiger partial charge in [-0.05, 0) is 48.4 Å². The number of fused-ring (bicyclic) bond motifs is 1. The minimum atomic E-state index is -0.701. The molecule has 7 nitrogen and oxygen atoms in total. The van der Waals surface area contributed by atoms with Crippen LogP contribution in [0.1, 0.15) is 5.56 Å². The second kappa shape index (κ2) is 10.8. The van der Waals surface area contributed by atoms with Crippen LogP contribution in [-0.4, -0.2) is 66.2 Å². The van der Waals surface area contributed by atoms with Crippen LogP contribution in [0.2, 0.25) is 0 Å². The molecule has 30 heavy (non-hydrogen) atoms. The Morgan fingerprint density at radius 1 is 1.07 bits per heavy atom. The van der Waals surface area contributed by atoms with E-state index < -0.39 is 6.10 Å². The number of aromatic amines is 1. The molecule has 1 unspecified atom stereocenters. The van der Waals surface area contributed by atoms with Gasteiger partial charge in [0.2, 0.25) is 5.56 Å². The van der Waals surface area contributed by atoms with E-state index in [9.17, 15) is 15.0 Å². The summed E-state index contributed by atoms with van der Waals surface area (Å²) in [6, 6.07) is 16.5. The van der Waals surface area contributed by atoms with Crippen LogP contribution in [0, 0.1) is 0 Å². The molecule has 1 aromatic heterocycles. The first-order valence-electron chi connectivity index (χ1n) is 9.97. The molecule has 0 bridgehead atoms. The lowest BCUT2D eigenvalue weighted by molar-refractivity contribution is 0.0622. The Kier molecular flexibility index (Phi) is 7.84. The fourth-order valence-corrected chi connectivity index (χ4v) is 3.32. The van der Waals surface area contributed by atoms with Gasteiger partial charge in [0, 0.05) is 36.6 Å². The van der Waals surface area contributed by atoms with Gasteiger partial charge < -0.3 is 24.7 Å². The Balaban J connectivity index is 1.52. The molecule has 0 aliphatic carbocycles. The number of aliphatic hydroxyl groups is 2. The fraction of sp³-hybridized carbons (Fsp3) is 0.348. The third kappa shape index (κ3) is 6.32. The predicted octanol–water partition coefficient (Wildman–Crippen LogP) is 1.81. The summed E-state index contributed by atoms with van der Waals surface area (Å²) in [6.07, 6.45) is 0.0846. The van der Waals surface area contributed by atoms with Crippen LogP contribution in [0.4, 0.5) is 0 Å². The van der Waals surface area contributed by atoms with Gasteiger partial charge in [-0.2, -0.15) is 0 Å². The van der Waals surface area contributed by atoms with Gasteiger partial charge in [-0.3, -0.25) is 9.69 Å². The quantitative estimate of drug-likeness (QED) is 0.445. The molecular weight excluding hydrogens is 384 g/mol. The maximum absolute atomic E-state index is 11.4. The van der Waals surface area contributed by atoms with Gasteiger partial charge in [-0.25, -0.2) is 0 Å². The number of methoxy groups -OCH3 is 1. The highest BCUT2D eigenvalue weighted by molar-refractivity contribution is 5.79. The van der Waals surface area contributed by atoms with Gasteiger partial charge in [0.1, 0.15) is 24.2 Å². The van der Waals surface area contributed by atoms with E-state index in [1.807, 2.05) is 35.2 Å². The second-order valence-electron chi connectivity index (χ2n) is 7.16. The van der Waals surface area contributed by atoms with Gasteiger partial charge >= 0.3 is 0 Å². The lowest BCUT2D eigenvalue weighted by atomic mass is 10.1. The summed E-state index contributed by atoms with van der Waals surface area (Å²) in [7, 11) is 1.64. The van der Waals surface area contributed by atoms with Crippen LogP contribution in [-0.2, 0) is 6.42 Å². The number of ether oxygens (including phenoxy) is 2. The van der Waals surface area contributed by atoms with Crippen molar-refractivity contribution in [3.05, 3.63) is 70.5 Å². The molecule has 0 amide bonds. The first-order chi connectivity index (χ1) is 14.6. The van der Waals surface area contributed by atoms with Crippen molar-refractivity contribution in [3.63, 3.8) is 0 Å². The molecule has 0 aliphatic rings. The standard InChI is InChI=1S/C23H28N2O5/c1-29-20-4-2-3-17(13-20)9-10-25(11-12-26)15-19(27)16-30-21-6-7-22-18(14-21)5-8-23(28)24-22/h2-8,13-14,19,26-27H,9-12,15-16H2,1H3,(H,24,28). The molecule has 3 aromatic rings. The monoisotopic (exact) mass is 412 g/mol. The molecule has 0 saturated carbocycles. The summed E-state index contributed by atoms with van der Waals surface area (Å²) in [5.41, 5.74) is 1.73. The molecule has 3 rings (SSSR count). The topological polar surface area (TPSA) is 95.0 Å². The maximum atomic E-state index is 11.4. The number of H-pyrrole nitrogens is 1. The smallest absolute Gasteiger partial charge is 0.248 e. The lowest BCUT2D eigenvalue weighted by Gasteiger charge is -2.24. The summed E-state index contributed by atoms with van der Waals surface area (Å²) < 4.78 is 11.0. The van der Waals surface area contributed by atoms with Gasteiger partial charge in [0.05, 0.1) is 13.7 Å². The number of nitrogens with one attached hydrogen (secondary N) is 1. The molecule has 0 spiro atoms. The highest BCUT2D eigenvalue weighted by Gasteiger charge is 2.13. The van der Waals surface area contributed by atoms with Crippen molar-refractivity contribution in [1.82, 2.24) is 9.88 Å². The molecule has 0 radical (unpaired) electrons. The Labute approximate surface area is 175 Å². The Morgan fingerprint density at radius 2 is 1.93 bits per heavy atom. The minimum absolute atomic E-state index is 0.0224. The van der Waals surface area contributed by atoms with Crippen molar-refractivity contribution >= 4 is 10.9 Å². The molecule has 3 N–H and O–H groups in total. The van der Waals surface area contributed by atoms with Gasteiger partial charge in [-0.15, -0.1) is 0 Å². The third-order valence-corrected chi connectivity index (χ3v) is 4.87. The largest absolute Gasteiger partial charge is 0.497 e. The second-order valence-corrected chi connectivity index (χ2v) is 7.16. The van der Waals surface area contributed by atoms with Crippen molar-refractivity contribution in [2.45, 2.75) is 12.5 Å². The SMILES string of the molecule is COc1cccc(CCN(CCO)CC(O)COc2ccc3[nH]c(=O)ccc3c2)c1. The number of hydrogen-bond acceptors (Lipinski definition) is 6. The molecule has 0 fully saturated rings. The number of aliphatic hydroxyl groups excluding tert-OH is 2. The van der Waals surface area contributed by atoms with Crippen molar-refractivity contribution in [1.29, 1.82) is 0 Å². The molecule has 0 saturated heterocycles. The van der Waals surface area contributed by atoms with Crippen molar-refractivity contribution in [2.75, 3.05) is 40.0 Å². The van der Waals surface area contributed by atoms with E-state index in [-0.39, 0.29) is 18.8 Å². The molecular formula is C23H28N2O5. The Bertz CT molecular complexity index is 1000. The van der Waals surface area contributed by atoms with Gasteiger partial charge in [0.15, 0.2) is 0 Å². The summed E-state index contributed by atoms with van der Waals surface area (Å²) in [5, 5.41) is 20.6. The number of pyridine rings is 1. The summed E-state index contributed by atoms with van der Waals surface area (Å²) in [5.74, 6) is 1.44.